The van der Waals surface area contributed by atoms with E-state index in [0.29, 0.717) is 13.2 Å². The third kappa shape index (κ3) is 3.60. The normalized spacial score (nSPS) is 10.4. The van der Waals surface area contributed by atoms with Gasteiger partial charge < -0.3 is 15.0 Å². The van der Waals surface area contributed by atoms with Crippen molar-refractivity contribution < 1.29 is 4.74 Å². The predicted octanol–water partition coefficient (Wildman–Crippen LogP) is 1.81. The van der Waals surface area contributed by atoms with Gasteiger partial charge in [-0.05, 0) is 24.1 Å². The van der Waals surface area contributed by atoms with Crippen LogP contribution >= 0.6 is 0 Å². The van der Waals surface area contributed by atoms with Crippen molar-refractivity contribution in [1.29, 1.82) is 0 Å². The summed E-state index contributed by atoms with van der Waals surface area (Å²) in [5, 5.41) is 0. The fraction of sp³-hybridized carbons (Fsp3) is 0.308. The second kappa shape index (κ2) is 6.06. The van der Waals surface area contributed by atoms with Crippen molar-refractivity contribution in [1.82, 2.24) is 9.55 Å². The molecular weight excluding hydrogens is 214 g/mol. The Bertz CT molecular complexity index is 440. The molecule has 0 radical (unpaired) electrons. The third-order valence-corrected chi connectivity index (χ3v) is 2.52. The van der Waals surface area contributed by atoms with Crippen LogP contribution in [0.1, 0.15) is 12.0 Å². The number of imidazole rings is 1. The molecule has 0 amide bonds. The zero-order valence-corrected chi connectivity index (χ0v) is 9.75. The summed E-state index contributed by atoms with van der Waals surface area (Å²) in [6.45, 7) is 2.18. The highest BCUT2D eigenvalue weighted by Crippen LogP contribution is 2.13. The van der Waals surface area contributed by atoms with Crippen molar-refractivity contribution in [3.8, 4) is 5.75 Å². The predicted molar refractivity (Wildman–Crippen MR) is 66.7 cm³/mol. The van der Waals surface area contributed by atoms with Crippen molar-refractivity contribution in [2.24, 2.45) is 5.73 Å². The molecule has 1 heterocycles. The minimum Gasteiger partial charge on any atom is -0.494 e. The molecule has 0 spiro atoms. The number of benzene rings is 1. The maximum absolute atomic E-state index is 5.66. The molecule has 1 aromatic carbocycles. The Hall–Kier alpha value is -1.81. The molecule has 0 saturated carbocycles. The SMILES string of the molecule is NCc1cccc(OCCCn2ccnc2)c1. The standard InChI is InChI=1S/C13H17N3O/c14-10-12-3-1-4-13(9-12)17-8-2-6-16-7-5-15-11-16/h1,3-5,7,9,11H,2,6,8,10,14H2. The van der Waals surface area contributed by atoms with Gasteiger partial charge in [-0.25, -0.2) is 4.98 Å². The molecule has 0 saturated heterocycles. The molecule has 0 unspecified atom stereocenters. The Morgan fingerprint density at radius 1 is 1.35 bits per heavy atom. The Balaban J connectivity index is 1.74. The molecule has 2 N–H and O–H groups in total. The molecule has 0 aliphatic heterocycles. The van der Waals surface area contributed by atoms with Crippen LogP contribution in [-0.2, 0) is 13.1 Å². The Morgan fingerprint density at radius 3 is 3.06 bits per heavy atom. The van der Waals surface area contributed by atoms with E-state index in [2.05, 4.69) is 4.98 Å². The average Bonchev–Trinajstić information content (AvgIpc) is 2.88. The van der Waals surface area contributed by atoms with Gasteiger partial charge in [0.25, 0.3) is 0 Å². The largest absolute Gasteiger partial charge is 0.494 e. The maximum Gasteiger partial charge on any atom is 0.119 e. The minimum absolute atomic E-state index is 0.548. The third-order valence-electron chi connectivity index (χ3n) is 2.52. The fourth-order valence-corrected chi connectivity index (χ4v) is 1.62. The zero-order valence-electron chi connectivity index (χ0n) is 9.75. The molecule has 2 aromatic rings. The highest BCUT2D eigenvalue weighted by molar-refractivity contribution is 5.28. The van der Waals surface area contributed by atoms with Crippen LogP contribution in [0.5, 0.6) is 5.75 Å². The average molecular weight is 231 g/mol. The lowest BCUT2D eigenvalue weighted by Gasteiger charge is -2.07. The van der Waals surface area contributed by atoms with Gasteiger partial charge in [0.05, 0.1) is 12.9 Å². The van der Waals surface area contributed by atoms with Gasteiger partial charge >= 0.3 is 0 Å². The van der Waals surface area contributed by atoms with E-state index >= 15 is 0 Å². The van der Waals surface area contributed by atoms with E-state index in [1.165, 1.54) is 0 Å². The first-order valence-corrected chi connectivity index (χ1v) is 5.76. The molecule has 4 heteroatoms. The lowest BCUT2D eigenvalue weighted by molar-refractivity contribution is 0.301. The van der Waals surface area contributed by atoms with Crippen molar-refractivity contribution in [2.45, 2.75) is 19.5 Å². The number of nitrogens with two attached hydrogens (primary N) is 1. The van der Waals surface area contributed by atoms with Gasteiger partial charge in [-0.2, -0.15) is 0 Å². The van der Waals surface area contributed by atoms with Crippen LogP contribution in [0.3, 0.4) is 0 Å². The second-order valence-electron chi connectivity index (χ2n) is 3.85. The first-order chi connectivity index (χ1) is 8.38. The van der Waals surface area contributed by atoms with Crippen LogP contribution in [0.2, 0.25) is 0 Å². The van der Waals surface area contributed by atoms with E-state index in [1.54, 1.807) is 6.20 Å². The van der Waals surface area contributed by atoms with Gasteiger partial charge in [-0.1, -0.05) is 12.1 Å². The molecule has 1 aromatic heterocycles. The van der Waals surface area contributed by atoms with E-state index in [9.17, 15) is 0 Å². The summed E-state index contributed by atoms with van der Waals surface area (Å²) in [7, 11) is 0. The van der Waals surface area contributed by atoms with Crippen LogP contribution in [0.4, 0.5) is 0 Å². The summed E-state index contributed by atoms with van der Waals surface area (Å²) in [4.78, 5) is 3.99. The number of hydrogen-bond donors (Lipinski definition) is 1. The molecule has 0 fully saturated rings. The topological polar surface area (TPSA) is 53.1 Å². The molecule has 0 aliphatic carbocycles. The highest BCUT2D eigenvalue weighted by Gasteiger charge is 1.96. The van der Waals surface area contributed by atoms with E-state index in [4.69, 9.17) is 10.5 Å². The molecule has 4 nitrogen and oxygen atoms in total. The van der Waals surface area contributed by atoms with Crippen molar-refractivity contribution in [2.75, 3.05) is 6.61 Å². The van der Waals surface area contributed by atoms with Gasteiger partial charge in [-0.3, -0.25) is 0 Å². The first-order valence-electron chi connectivity index (χ1n) is 5.76. The van der Waals surface area contributed by atoms with Gasteiger partial charge in [0.2, 0.25) is 0 Å². The van der Waals surface area contributed by atoms with Crippen molar-refractivity contribution in [3.05, 3.63) is 48.5 Å². The molecule has 2 rings (SSSR count). The summed E-state index contributed by atoms with van der Waals surface area (Å²) in [5.74, 6) is 0.888. The molecule has 0 atom stereocenters. The number of nitrogens with zero attached hydrogens (tertiary/aromatic N) is 2. The van der Waals surface area contributed by atoms with Crippen LogP contribution in [0.15, 0.2) is 43.0 Å². The van der Waals surface area contributed by atoms with Crippen LogP contribution in [-0.4, -0.2) is 16.2 Å². The van der Waals surface area contributed by atoms with Crippen molar-refractivity contribution in [3.63, 3.8) is 0 Å². The van der Waals surface area contributed by atoms with E-state index < -0.39 is 0 Å². The lowest BCUT2D eigenvalue weighted by atomic mass is 10.2. The Kier molecular flexibility index (Phi) is 4.16. The van der Waals surface area contributed by atoms with Crippen LogP contribution < -0.4 is 10.5 Å². The molecular formula is C13H17N3O. The van der Waals surface area contributed by atoms with Crippen molar-refractivity contribution >= 4 is 0 Å². The maximum atomic E-state index is 5.66. The summed E-state index contributed by atoms with van der Waals surface area (Å²) in [6, 6.07) is 7.90. The number of aromatic nitrogens is 2. The van der Waals surface area contributed by atoms with E-state index in [0.717, 1.165) is 24.3 Å². The van der Waals surface area contributed by atoms with E-state index in [-0.39, 0.29) is 0 Å². The Morgan fingerprint density at radius 2 is 2.29 bits per heavy atom. The van der Waals surface area contributed by atoms with Crippen LogP contribution in [0.25, 0.3) is 0 Å². The van der Waals surface area contributed by atoms with Gasteiger partial charge in [0.1, 0.15) is 5.75 Å². The van der Waals surface area contributed by atoms with Gasteiger partial charge in [-0.15, -0.1) is 0 Å². The summed E-state index contributed by atoms with van der Waals surface area (Å²) < 4.78 is 7.70. The van der Waals surface area contributed by atoms with Gasteiger partial charge in [0.15, 0.2) is 0 Å². The summed E-state index contributed by atoms with van der Waals surface area (Å²) in [6.07, 6.45) is 6.51. The minimum atomic E-state index is 0.548. The smallest absolute Gasteiger partial charge is 0.119 e. The summed E-state index contributed by atoms with van der Waals surface area (Å²) in [5.41, 5.74) is 6.67. The van der Waals surface area contributed by atoms with E-state index in [1.807, 2.05) is 41.4 Å². The quantitative estimate of drug-likeness (QED) is 0.771. The molecule has 0 bridgehead atoms. The monoisotopic (exact) mass is 231 g/mol. The number of hydrogen-bond acceptors (Lipinski definition) is 3. The van der Waals surface area contributed by atoms with Crippen LogP contribution in [0, 0.1) is 0 Å². The number of aryl methyl sites for hydroxylation is 1. The lowest BCUT2D eigenvalue weighted by Crippen LogP contribution is -2.03. The first kappa shape index (κ1) is 11.7. The molecule has 0 aliphatic rings. The molecule has 17 heavy (non-hydrogen) atoms. The number of rotatable bonds is 6. The Labute approximate surface area is 101 Å². The second-order valence-corrected chi connectivity index (χ2v) is 3.85. The highest BCUT2D eigenvalue weighted by atomic mass is 16.5. The zero-order chi connectivity index (χ0) is 11.9. The van der Waals surface area contributed by atoms with Gasteiger partial charge in [0, 0.05) is 25.5 Å². The molecule has 90 valence electrons. The fourth-order valence-electron chi connectivity index (χ4n) is 1.62. The summed E-state index contributed by atoms with van der Waals surface area (Å²) >= 11 is 0. The number of ether oxygens (including phenoxy) is 1.